The highest BCUT2D eigenvalue weighted by molar-refractivity contribution is 5.90. The van der Waals surface area contributed by atoms with Crippen molar-refractivity contribution in [3.05, 3.63) is 36.5 Å². The molecule has 18 heavy (non-hydrogen) atoms. The quantitative estimate of drug-likeness (QED) is 0.850. The van der Waals surface area contributed by atoms with Gasteiger partial charge >= 0.3 is 0 Å². The summed E-state index contributed by atoms with van der Waals surface area (Å²) in [5.74, 6) is 0.846. The van der Waals surface area contributed by atoms with Gasteiger partial charge in [0.2, 0.25) is 0 Å². The number of benzene rings is 1. The summed E-state index contributed by atoms with van der Waals surface area (Å²) in [4.78, 5) is 4.50. The van der Waals surface area contributed by atoms with Crippen LogP contribution in [0.15, 0.2) is 36.5 Å². The molecule has 0 amide bonds. The van der Waals surface area contributed by atoms with Crippen molar-refractivity contribution >= 4 is 16.6 Å². The van der Waals surface area contributed by atoms with Crippen LogP contribution in [0.2, 0.25) is 0 Å². The lowest BCUT2D eigenvalue weighted by molar-refractivity contribution is 0.359. The second-order valence-electron chi connectivity index (χ2n) is 5.49. The van der Waals surface area contributed by atoms with E-state index in [1.165, 1.54) is 36.8 Å². The number of hydrogen-bond acceptors (Lipinski definition) is 2. The van der Waals surface area contributed by atoms with Crippen LogP contribution in [-0.2, 0) is 0 Å². The monoisotopic (exact) mass is 240 g/mol. The van der Waals surface area contributed by atoms with Gasteiger partial charge in [0.25, 0.3) is 0 Å². The Morgan fingerprint density at radius 2 is 2.06 bits per heavy atom. The van der Waals surface area contributed by atoms with Crippen molar-refractivity contribution in [2.45, 2.75) is 38.6 Å². The topological polar surface area (TPSA) is 24.9 Å². The van der Waals surface area contributed by atoms with Crippen LogP contribution in [0.5, 0.6) is 0 Å². The zero-order valence-electron chi connectivity index (χ0n) is 10.9. The zero-order chi connectivity index (χ0) is 12.4. The van der Waals surface area contributed by atoms with E-state index in [9.17, 15) is 0 Å². The maximum absolute atomic E-state index is 4.50. The van der Waals surface area contributed by atoms with E-state index in [0.717, 1.165) is 11.4 Å². The summed E-state index contributed by atoms with van der Waals surface area (Å²) in [6.45, 7) is 2.36. The van der Waals surface area contributed by atoms with Crippen molar-refractivity contribution in [1.29, 1.82) is 0 Å². The van der Waals surface area contributed by atoms with Gasteiger partial charge in [-0.15, -0.1) is 0 Å². The number of pyridine rings is 1. The fourth-order valence-corrected chi connectivity index (χ4v) is 3.01. The highest BCUT2D eigenvalue weighted by atomic mass is 14.9. The summed E-state index contributed by atoms with van der Waals surface area (Å²) in [6.07, 6.45) is 7.16. The number of nitrogens with zero attached hydrogens (tertiary/aromatic N) is 1. The third kappa shape index (κ3) is 2.33. The Balaban J connectivity index is 1.86. The van der Waals surface area contributed by atoms with E-state index in [-0.39, 0.29) is 0 Å². The Bertz CT molecular complexity index is 530. The Morgan fingerprint density at radius 1 is 1.17 bits per heavy atom. The van der Waals surface area contributed by atoms with E-state index in [1.54, 1.807) is 0 Å². The van der Waals surface area contributed by atoms with Crippen molar-refractivity contribution in [2.24, 2.45) is 5.92 Å². The first-order valence-corrected chi connectivity index (χ1v) is 6.93. The number of rotatable bonds is 2. The maximum Gasteiger partial charge on any atom is 0.0933 e. The first-order valence-electron chi connectivity index (χ1n) is 6.93. The molecule has 0 radical (unpaired) electrons. The van der Waals surface area contributed by atoms with Gasteiger partial charge in [-0.05, 0) is 30.9 Å². The Hall–Kier alpha value is -1.57. The summed E-state index contributed by atoms with van der Waals surface area (Å²) in [7, 11) is 0. The summed E-state index contributed by atoms with van der Waals surface area (Å²) >= 11 is 0. The molecule has 2 nitrogen and oxygen atoms in total. The molecule has 2 unspecified atom stereocenters. The van der Waals surface area contributed by atoms with Crippen molar-refractivity contribution in [1.82, 2.24) is 4.98 Å². The molecule has 1 aliphatic rings. The van der Waals surface area contributed by atoms with Gasteiger partial charge < -0.3 is 5.32 Å². The molecule has 1 aromatic carbocycles. The Morgan fingerprint density at radius 3 is 2.94 bits per heavy atom. The molecule has 1 N–H and O–H groups in total. The summed E-state index contributed by atoms with van der Waals surface area (Å²) in [6, 6.07) is 11.1. The van der Waals surface area contributed by atoms with Gasteiger partial charge in [-0.25, -0.2) is 0 Å². The third-order valence-corrected chi connectivity index (χ3v) is 3.93. The molecule has 2 atom stereocenters. The second-order valence-corrected chi connectivity index (χ2v) is 5.49. The van der Waals surface area contributed by atoms with Crippen molar-refractivity contribution in [3.63, 3.8) is 0 Å². The van der Waals surface area contributed by atoms with E-state index in [2.05, 4.69) is 41.5 Å². The molecule has 3 rings (SSSR count). The second kappa shape index (κ2) is 4.97. The average molecular weight is 240 g/mol. The molecule has 1 fully saturated rings. The van der Waals surface area contributed by atoms with Crippen molar-refractivity contribution in [2.75, 3.05) is 5.32 Å². The number of anilines is 1. The zero-order valence-corrected chi connectivity index (χ0v) is 10.9. The molecule has 1 aliphatic carbocycles. The van der Waals surface area contributed by atoms with Gasteiger partial charge in [-0.1, -0.05) is 38.0 Å². The lowest BCUT2D eigenvalue weighted by Crippen LogP contribution is -2.26. The van der Waals surface area contributed by atoms with Crippen LogP contribution in [0, 0.1) is 5.92 Å². The van der Waals surface area contributed by atoms with E-state index in [0.29, 0.717) is 6.04 Å². The van der Waals surface area contributed by atoms with Crippen LogP contribution >= 0.6 is 0 Å². The molecule has 1 aromatic heterocycles. The minimum absolute atomic E-state index is 0.612. The maximum atomic E-state index is 4.50. The van der Waals surface area contributed by atoms with Crippen molar-refractivity contribution < 1.29 is 0 Å². The molecule has 0 spiro atoms. The number of para-hydroxylation sites is 1. The van der Waals surface area contributed by atoms with Gasteiger partial charge in [-0.3, -0.25) is 4.98 Å². The molecular formula is C16H20N2. The van der Waals surface area contributed by atoms with Gasteiger partial charge in [0.15, 0.2) is 0 Å². The summed E-state index contributed by atoms with van der Waals surface area (Å²) < 4.78 is 0. The Kier molecular flexibility index (Phi) is 3.18. The summed E-state index contributed by atoms with van der Waals surface area (Å²) in [5, 5.41) is 4.91. The lowest BCUT2D eigenvalue weighted by atomic mass is 9.87. The minimum atomic E-state index is 0.612. The smallest absolute Gasteiger partial charge is 0.0933 e. The van der Waals surface area contributed by atoms with Gasteiger partial charge in [-0.2, -0.15) is 0 Å². The van der Waals surface area contributed by atoms with Crippen LogP contribution in [0.3, 0.4) is 0 Å². The first-order chi connectivity index (χ1) is 8.83. The molecule has 2 heteroatoms. The lowest BCUT2D eigenvalue weighted by Gasteiger charge is -2.28. The molecule has 94 valence electrons. The summed E-state index contributed by atoms with van der Waals surface area (Å²) in [5.41, 5.74) is 2.28. The third-order valence-electron chi connectivity index (χ3n) is 3.93. The number of nitrogens with one attached hydrogen (secondary N) is 1. The Labute approximate surface area is 108 Å². The van der Waals surface area contributed by atoms with E-state index in [1.807, 2.05) is 12.3 Å². The molecule has 0 aliphatic heterocycles. The molecule has 1 saturated carbocycles. The predicted molar refractivity (Wildman–Crippen MR) is 76.8 cm³/mol. The number of fused-ring (bicyclic) bond motifs is 1. The molecule has 2 aromatic rings. The highest BCUT2D eigenvalue weighted by Gasteiger charge is 2.19. The minimum Gasteiger partial charge on any atom is -0.381 e. The molecule has 0 bridgehead atoms. The highest BCUT2D eigenvalue weighted by Crippen LogP contribution is 2.28. The normalized spacial score (nSPS) is 24.1. The number of hydrogen-bond donors (Lipinski definition) is 1. The largest absolute Gasteiger partial charge is 0.381 e. The van der Waals surface area contributed by atoms with E-state index < -0.39 is 0 Å². The first kappa shape index (κ1) is 11.5. The van der Waals surface area contributed by atoms with E-state index in [4.69, 9.17) is 0 Å². The van der Waals surface area contributed by atoms with Gasteiger partial charge in [0, 0.05) is 17.6 Å². The molecule has 1 heterocycles. The molecule has 0 saturated heterocycles. The number of aromatic nitrogens is 1. The standard InChI is InChI=1S/C16H20N2/c1-12-5-2-8-14(11-12)18-15-9-3-6-13-7-4-10-17-16(13)15/h3-4,6-7,9-10,12,14,18H,2,5,8,11H2,1H3. The van der Waals surface area contributed by atoms with E-state index >= 15 is 0 Å². The van der Waals surface area contributed by atoms with Crippen LogP contribution < -0.4 is 5.32 Å². The van der Waals surface area contributed by atoms with Crippen LogP contribution in [0.25, 0.3) is 10.9 Å². The SMILES string of the molecule is CC1CCCC(Nc2cccc3cccnc23)C1. The van der Waals surface area contributed by atoms with Gasteiger partial charge in [0.05, 0.1) is 11.2 Å². The van der Waals surface area contributed by atoms with Crippen LogP contribution in [0.4, 0.5) is 5.69 Å². The fraction of sp³-hybridized carbons (Fsp3) is 0.438. The predicted octanol–water partition coefficient (Wildman–Crippen LogP) is 4.23. The van der Waals surface area contributed by atoms with Crippen LogP contribution in [0.1, 0.15) is 32.6 Å². The van der Waals surface area contributed by atoms with Gasteiger partial charge in [0.1, 0.15) is 0 Å². The molecular weight excluding hydrogens is 220 g/mol. The average Bonchev–Trinajstić information content (AvgIpc) is 2.39. The van der Waals surface area contributed by atoms with Crippen LogP contribution in [-0.4, -0.2) is 11.0 Å². The van der Waals surface area contributed by atoms with Crippen molar-refractivity contribution in [3.8, 4) is 0 Å². The fourth-order valence-electron chi connectivity index (χ4n) is 3.01.